The molecule has 1 saturated heterocycles. The molecular formula is C30H34N4O5. The van der Waals surface area contributed by atoms with E-state index in [9.17, 15) is 4.79 Å². The van der Waals surface area contributed by atoms with E-state index in [0.29, 0.717) is 17.3 Å². The molecule has 1 unspecified atom stereocenters. The van der Waals surface area contributed by atoms with E-state index in [-0.39, 0.29) is 24.8 Å². The smallest absolute Gasteiger partial charge is 0.231 e. The number of benzene rings is 3. The molecule has 0 bridgehead atoms. The first-order chi connectivity index (χ1) is 18.9. The Balaban J connectivity index is 0.000000723. The first-order valence-corrected chi connectivity index (χ1v) is 13.2. The predicted molar refractivity (Wildman–Crippen MR) is 152 cm³/mol. The van der Waals surface area contributed by atoms with Crippen LogP contribution in [0.2, 0.25) is 0 Å². The Labute approximate surface area is 228 Å². The molecule has 0 spiro atoms. The van der Waals surface area contributed by atoms with Crippen LogP contribution in [0.1, 0.15) is 32.5 Å². The number of amidine groups is 1. The third kappa shape index (κ3) is 5.84. The second-order valence-electron chi connectivity index (χ2n) is 9.73. The summed E-state index contributed by atoms with van der Waals surface area (Å²) in [7, 11) is 0. The van der Waals surface area contributed by atoms with Gasteiger partial charge in [0.15, 0.2) is 29.3 Å². The lowest BCUT2D eigenvalue weighted by atomic mass is 10.1. The summed E-state index contributed by atoms with van der Waals surface area (Å²) in [5.74, 6) is 1.68. The molecule has 3 aliphatic rings. The summed E-state index contributed by atoms with van der Waals surface area (Å²) in [5, 5.41) is 14.8. The second-order valence-corrected chi connectivity index (χ2v) is 9.73. The van der Waals surface area contributed by atoms with Crippen molar-refractivity contribution in [2.24, 2.45) is 5.10 Å². The van der Waals surface area contributed by atoms with Crippen LogP contribution < -0.4 is 24.3 Å². The van der Waals surface area contributed by atoms with E-state index >= 15 is 0 Å². The zero-order chi connectivity index (χ0) is 27.4. The molecule has 9 nitrogen and oxygen atoms in total. The molecule has 3 aliphatic heterocycles. The Kier molecular flexibility index (Phi) is 7.99. The van der Waals surface area contributed by atoms with Crippen molar-refractivity contribution in [1.29, 1.82) is 0 Å². The number of aliphatic hydroxyl groups is 1. The molecule has 39 heavy (non-hydrogen) atoms. The van der Waals surface area contributed by atoms with Gasteiger partial charge in [-0.25, -0.2) is 5.01 Å². The van der Waals surface area contributed by atoms with Crippen molar-refractivity contribution in [2.45, 2.75) is 33.0 Å². The number of carbonyl (C=O) groups excluding carboxylic acids is 1. The monoisotopic (exact) mass is 530 g/mol. The number of para-hydroxylation sites is 1. The van der Waals surface area contributed by atoms with Crippen LogP contribution in [-0.4, -0.2) is 55.9 Å². The van der Waals surface area contributed by atoms with Gasteiger partial charge in [-0.1, -0.05) is 24.3 Å². The maximum Gasteiger partial charge on any atom is 0.231 e. The van der Waals surface area contributed by atoms with Crippen molar-refractivity contribution >= 4 is 28.7 Å². The summed E-state index contributed by atoms with van der Waals surface area (Å²) in [6, 6.07) is 24.1. The highest BCUT2D eigenvalue weighted by atomic mass is 16.7. The van der Waals surface area contributed by atoms with E-state index in [2.05, 4.69) is 29.2 Å². The number of rotatable bonds is 5. The quantitative estimate of drug-likeness (QED) is 0.514. The van der Waals surface area contributed by atoms with Crippen molar-refractivity contribution < 1.29 is 24.1 Å². The van der Waals surface area contributed by atoms with Crippen LogP contribution in [0.4, 0.5) is 17.1 Å². The molecule has 0 radical (unpaired) electrons. The number of fused-ring (bicyclic) bond motifs is 1. The fourth-order valence-electron chi connectivity index (χ4n) is 4.72. The second kappa shape index (κ2) is 11.8. The number of hydrazone groups is 1. The van der Waals surface area contributed by atoms with Gasteiger partial charge in [0, 0.05) is 43.1 Å². The number of hydrogen-bond donors (Lipinski definition) is 1. The van der Waals surface area contributed by atoms with Gasteiger partial charge in [0.25, 0.3) is 0 Å². The van der Waals surface area contributed by atoms with E-state index in [1.165, 1.54) is 0 Å². The van der Waals surface area contributed by atoms with Crippen LogP contribution >= 0.6 is 0 Å². The maximum atomic E-state index is 12.8. The third-order valence-electron chi connectivity index (χ3n) is 6.44. The summed E-state index contributed by atoms with van der Waals surface area (Å²) in [4.78, 5) is 17.1. The molecule has 3 heterocycles. The van der Waals surface area contributed by atoms with E-state index in [4.69, 9.17) is 24.4 Å². The molecule has 9 heteroatoms. The maximum absolute atomic E-state index is 12.8. The first-order valence-electron chi connectivity index (χ1n) is 13.2. The zero-order valence-corrected chi connectivity index (χ0v) is 22.5. The zero-order valence-electron chi connectivity index (χ0n) is 22.5. The lowest BCUT2D eigenvalue weighted by Gasteiger charge is -2.33. The molecule has 0 amide bonds. The van der Waals surface area contributed by atoms with Crippen LogP contribution in [0.25, 0.3) is 0 Å². The summed E-state index contributed by atoms with van der Waals surface area (Å²) in [6.45, 7) is 8.39. The predicted octanol–water partition coefficient (Wildman–Crippen LogP) is 4.57. The number of anilines is 3. The minimum absolute atomic E-state index is 0.105. The number of carbonyl (C=O) groups is 1. The molecule has 0 aromatic heterocycles. The summed E-state index contributed by atoms with van der Waals surface area (Å²) in [5.41, 5.74) is 3.85. The highest BCUT2D eigenvalue weighted by Gasteiger charge is 2.39. The minimum Gasteiger partial charge on any atom is -0.454 e. The topological polar surface area (TPSA) is 87.1 Å². The van der Waals surface area contributed by atoms with Crippen molar-refractivity contribution in [1.82, 2.24) is 0 Å². The van der Waals surface area contributed by atoms with E-state index in [0.717, 1.165) is 48.9 Å². The number of ketones is 1. The average molecular weight is 531 g/mol. The van der Waals surface area contributed by atoms with Crippen LogP contribution in [0.5, 0.6) is 11.5 Å². The van der Waals surface area contributed by atoms with E-state index < -0.39 is 0 Å². The number of morpholine rings is 1. The lowest BCUT2D eigenvalue weighted by Crippen LogP contribution is -2.38. The number of nitrogens with zero attached hydrogens (tertiary/aromatic N) is 4. The summed E-state index contributed by atoms with van der Waals surface area (Å²) in [6.07, 6.45) is -0.542. The van der Waals surface area contributed by atoms with Crippen LogP contribution in [-0.2, 0) is 9.53 Å². The molecule has 204 valence electrons. The summed E-state index contributed by atoms with van der Waals surface area (Å²) < 4.78 is 16.7. The highest BCUT2D eigenvalue weighted by molar-refractivity contribution is 6.44. The number of aliphatic hydroxyl groups excluding tert-OH is 1. The van der Waals surface area contributed by atoms with E-state index in [1.54, 1.807) is 20.8 Å². The largest absolute Gasteiger partial charge is 0.454 e. The van der Waals surface area contributed by atoms with Gasteiger partial charge in [-0.3, -0.25) is 9.69 Å². The van der Waals surface area contributed by atoms with Crippen LogP contribution in [0, 0.1) is 0 Å². The van der Waals surface area contributed by atoms with Gasteiger partial charge in [0.05, 0.1) is 18.9 Å². The Morgan fingerprint density at radius 2 is 1.54 bits per heavy atom. The molecule has 1 N–H and O–H groups in total. The van der Waals surface area contributed by atoms with Gasteiger partial charge in [0.1, 0.15) is 0 Å². The van der Waals surface area contributed by atoms with Gasteiger partial charge in [-0.2, -0.15) is 0 Å². The molecular weight excluding hydrogens is 496 g/mol. The van der Waals surface area contributed by atoms with Gasteiger partial charge in [-0.15, -0.1) is 5.10 Å². The Hall–Kier alpha value is -4.08. The molecule has 0 aliphatic carbocycles. The van der Waals surface area contributed by atoms with Gasteiger partial charge in [0.2, 0.25) is 6.79 Å². The van der Waals surface area contributed by atoms with Crippen molar-refractivity contribution in [3.8, 4) is 11.5 Å². The minimum atomic E-state index is -0.375. The molecule has 0 saturated carbocycles. The molecule has 1 fully saturated rings. The standard InChI is InChI=1S/C27H26N4O4.C3H8O/c1-19(32)26-28-31(23-5-3-2-4-6-23)27(20-7-12-24-25(17-20)35-18-34-24)30(26)22-10-8-21(9-11-22)29-13-15-33-16-14-29;1-3(2)4/h2-12,17,27H,13-16,18H2,1H3;3-4H,1-2H3. The molecule has 6 rings (SSSR count). The lowest BCUT2D eigenvalue weighted by molar-refractivity contribution is -0.111. The van der Waals surface area contributed by atoms with Crippen molar-refractivity contribution in [2.75, 3.05) is 47.9 Å². The van der Waals surface area contributed by atoms with Gasteiger partial charge in [-0.05, 0) is 62.4 Å². The van der Waals surface area contributed by atoms with Gasteiger partial charge < -0.3 is 24.2 Å². The molecule has 3 aromatic rings. The highest BCUT2D eigenvalue weighted by Crippen LogP contribution is 2.42. The fourth-order valence-corrected chi connectivity index (χ4v) is 4.72. The normalized spacial score (nSPS) is 18.1. The first kappa shape index (κ1) is 26.5. The fraction of sp³-hybridized carbons (Fsp3) is 0.333. The third-order valence-corrected chi connectivity index (χ3v) is 6.44. The Bertz CT molecular complexity index is 1300. The molecule has 3 aromatic carbocycles. The molecule has 1 atom stereocenters. The number of ether oxygens (including phenoxy) is 3. The number of hydrogen-bond acceptors (Lipinski definition) is 9. The Morgan fingerprint density at radius 1 is 0.897 bits per heavy atom. The SMILES string of the molecule is CC(=O)C1=NN(c2ccccc2)C(c2ccc3c(c2)OCO3)N1c1ccc(N2CCOCC2)cc1.CC(C)O. The van der Waals surface area contributed by atoms with E-state index in [1.807, 2.05) is 58.4 Å². The summed E-state index contributed by atoms with van der Waals surface area (Å²) >= 11 is 0. The van der Waals surface area contributed by atoms with Gasteiger partial charge >= 0.3 is 0 Å². The van der Waals surface area contributed by atoms with Crippen LogP contribution in [0.15, 0.2) is 77.9 Å². The average Bonchev–Trinajstić information content (AvgIpc) is 3.59. The number of Topliss-reactive ketones (excluding diaryl/α,β-unsaturated/α-hetero) is 1. The van der Waals surface area contributed by atoms with Crippen molar-refractivity contribution in [3.05, 3.63) is 78.4 Å². The Morgan fingerprint density at radius 3 is 2.21 bits per heavy atom. The van der Waals surface area contributed by atoms with Crippen LogP contribution in [0.3, 0.4) is 0 Å². The van der Waals surface area contributed by atoms with Crippen molar-refractivity contribution in [3.63, 3.8) is 0 Å².